The van der Waals surface area contributed by atoms with Gasteiger partial charge in [-0.3, -0.25) is 0 Å². The molecule has 0 radical (unpaired) electrons. The fourth-order valence-corrected chi connectivity index (χ4v) is 2.98. The summed E-state index contributed by atoms with van der Waals surface area (Å²) in [6.45, 7) is 0.835. The van der Waals surface area contributed by atoms with Crippen molar-refractivity contribution in [3.8, 4) is 0 Å². The number of halogens is 3. The average Bonchev–Trinajstić information content (AvgIpc) is 2.23. The predicted molar refractivity (Wildman–Crippen MR) is 54.9 cm³/mol. The van der Waals surface area contributed by atoms with E-state index in [0.717, 1.165) is 0 Å². The molecule has 1 rings (SSSR count). The number of hydrogen-bond donors (Lipinski definition) is 0. The number of nitrogens with zero attached hydrogens (tertiary/aromatic N) is 1. The monoisotopic (exact) mass is 265 g/mol. The van der Waals surface area contributed by atoms with Gasteiger partial charge in [-0.2, -0.15) is 0 Å². The van der Waals surface area contributed by atoms with E-state index in [1.165, 1.54) is 4.31 Å². The van der Waals surface area contributed by atoms with Gasteiger partial charge in [-0.15, -0.1) is 0 Å². The quantitative estimate of drug-likeness (QED) is 0.715. The van der Waals surface area contributed by atoms with Crippen LogP contribution in [-0.2, 0) is 10.0 Å². The van der Waals surface area contributed by atoms with E-state index in [2.05, 4.69) is 0 Å². The van der Waals surface area contributed by atoms with Crippen molar-refractivity contribution in [3.05, 3.63) is 0 Å². The minimum absolute atomic E-state index is 0.215. The van der Waals surface area contributed by atoms with Gasteiger partial charge in [0.2, 0.25) is 10.0 Å². The van der Waals surface area contributed by atoms with Crippen LogP contribution < -0.4 is 0 Å². The van der Waals surface area contributed by atoms with Crippen molar-refractivity contribution in [2.24, 2.45) is 0 Å². The number of rotatable bonds is 2. The second-order valence-corrected chi connectivity index (χ2v) is 7.54. The Morgan fingerprint density at radius 3 is 2.31 bits per heavy atom. The van der Waals surface area contributed by atoms with Crippen molar-refractivity contribution in [2.75, 3.05) is 18.8 Å². The van der Waals surface area contributed by atoms with Gasteiger partial charge in [0.15, 0.2) is 3.79 Å². The third-order valence-electron chi connectivity index (χ3n) is 1.85. The highest BCUT2D eigenvalue weighted by Crippen LogP contribution is 2.31. The molecule has 0 unspecified atom stereocenters. The molecule has 0 aromatic carbocycles. The second-order valence-electron chi connectivity index (χ2n) is 2.93. The first kappa shape index (κ1) is 11.9. The van der Waals surface area contributed by atoms with E-state index in [9.17, 15) is 8.42 Å². The van der Waals surface area contributed by atoms with E-state index >= 15 is 0 Å². The topological polar surface area (TPSA) is 37.4 Å². The highest BCUT2D eigenvalue weighted by Gasteiger charge is 2.30. The van der Waals surface area contributed by atoms with Gasteiger partial charge in [0.1, 0.15) is 0 Å². The molecule has 7 heteroatoms. The summed E-state index contributed by atoms with van der Waals surface area (Å²) in [5.74, 6) is 0.215. The molecule has 0 aromatic heterocycles. The predicted octanol–water partition coefficient (Wildman–Crippen LogP) is 1.78. The average molecular weight is 267 g/mol. The molecule has 0 aromatic rings. The Bertz CT molecular complexity index is 272. The maximum atomic E-state index is 11.3. The standard InChI is InChI=1S/C6H10Cl3NO2S/c7-6(8,9)2-4-10-3-1-5-13(10,11)12/h1-5H2. The molecule has 1 aliphatic heterocycles. The first-order valence-corrected chi connectivity index (χ1v) is 6.60. The van der Waals surface area contributed by atoms with Crippen molar-refractivity contribution in [2.45, 2.75) is 16.6 Å². The van der Waals surface area contributed by atoms with Crippen LogP contribution in [0.25, 0.3) is 0 Å². The molecule has 1 heterocycles. The number of alkyl halides is 3. The summed E-state index contributed by atoms with van der Waals surface area (Å²) in [4.78, 5) is 0. The van der Waals surface area contributed by atoms with E-state index in [1.54, 1.807) is 0 Å². The van der Waals surface area contributed by atoms with Crippen LogP contribution >= 0.6 is 34.8 Å². The smallest absolute Gasteiger partial charge is 0.212 e. The highest BCUT2D eigenvalue weighted by atomic mass is 35.6. The van der Waals surface area contributed by atoms with Crippen LogP contribution in [0.15, 0.2) is 0 Å². The van der Waals surface area contributed by atoms with E-state index in [0.29, 0.717) is 19.5 Å². The van der Waals surface area contributed by atoms with E-state index in [-0.39, 0.29) is 12.2 Å². The maximum Gasteiger partial charge on any atom is 0.214 e. The highest BCUT2D eigenvalue weighted by molar-refractivity contribution is 7.89. The molecule has 13 heavy (non-hydrogen) atoms. The fraction of sp³-hybridized carbons (Fsp3) is 1.00. The van der Waals surface area contributed by atoms with Crippen LogP contribution in [0, 0.1) is 0 Å². The Morgan fingerprint density at radius 1 is 1.31 bits per heavy atom. The second kappa shape index (κ2) is 4.11. The minimum atomic E-state index is -3.05. The van der Waals surface area contributed by atoms with Gasteiger partial charge in [0.05, 0.1) is 5.75 Å². The molecule has 1 saturated heterocycles. The summed E-state index contributed by atoms with van der Waals surface area (Å²) >= 11 is 16.5. The van der Waals surface area contributed by atoms with Gasteiger partial charge in [-0.1, -0.05) is 34.8 Å². The molecule has 0 amide bonds. The number of sulfonamides is 1. The maximum absolute atomic E-state index is 11.3. The molecule has 0 atom stereocenters. The molecule has 0 bridgehead atoms. The first-order valence-electron chi connectivity index (χ1n) is 3.86. The van der Waals surface area contributed by atoms with Crippen molar-refractivity contribution in [1.29, 1.82) is 0 Å². The zero-order valence-corrected chi connectivity index (χ0v) is 9.93. The van der Waals surface area contributed by atoms with Gasteiger partial charge in [-0.25, -0.2) is 12.7 Å². The SMILES string of the molecule is O=S1(=O)CCCN1CCC(Cl)(Cl)Cl. The summed E-state index contributed by atoms with van der Waals surface area (Å²) in [5, 5.41) is 0. The fourth-order valence-electron chi connectivity index (χ4n) is 1.19. The largest absolute Gasteiger partial charge is 0.214 e. The molecule has 0 aliphatic carbocycles. The zero-order chi connectivity index (χ0) is 10.1. The van der Waals surface area contributed by atoms with Crippen LogP contribution in [0.1, 0.15) is 12.8 Å². The zero-order valence-electron chi connectivity index (χ0n) is 6.84. The van der Waals surface area contributed by atoms with Crippen molar-refractivity contribution >= 4 is 44.8 Å². The Balaban J connectivity index is 2.47. The molecule has 3 nitrogen and oxygen atoms in total. The summed E-state index contributed by atoms with van der Waals surface area (Å²) in [6, 6.07) is 0. The molecule has 78 valence electrons. The Morgan fingerprint density at radius 2 is 1.92 bits per heavy atom. The normalized spacial score (nSPS) is 23.6. The van der Waals surface area contributed by atoms with E-state index in [1.807, 2.05) is 0 Å². The Hall–Kier alpha value is 0.780. The molecule has 0 saturated carbocycles. The van der Waals surface area contributed by atoms with E-state index in [4.69, 9.17) is 34.8 Å². The lowest BCUT2D eigenvalue weighted by molar-refractivity contribution is 0.437. The molecule has 1 aliphatic rings. The molecular formula is C6H10Cl3NO2S. The molecule has 1 fully saturated rings. The van der Waals surface area contributed by atoms with Crippen LogP contribution in [0.2, 0.25) is 0 Å². The summed E-state index contributed by atoms with van der Waals surface area (Å²) in [6.07, 6.45) is 0.902. The molecule has 0 spiro atoms. The lowest BCUT2D eigenvalue weighted by Crippen LogP contribution is -2.29. The van der Waals surface area contributed by atoms with Crippen LogP contribution in [0.5, 0.6) is 0 Å². The van der Waals surface area contributed by atoms with Crippen LogP contribution in [0.4, 0.5) is 0 Å². The van der Waals surface area contributed by atoms with Crippen molar-refractivity contribution in [1.82, 2.24) is 4.31 Å². The summed E-state index contributed by atoms with van der Waals surface area (Å²) in [7, 11) is -3.05. The van der Waals surface area contributed by atoms with Gasteiger partial charge < -0.3 is 0 Å². The van der Waals surface area contributed by atoms with Gasteiger partial charge >= 0.3 is 0 Å². The minimum Gasteiger partial charge on any atom is -0.212 e. The van der Waals surface area contributed by atoms with Gasteiger partial charge in [0.25, 0.3) is 0 Å². The van der Waals surface area contributed by atoms with Crippen molar-refractivity contribution < 1.29 is 8.42 Å². The molecule has 0 N–H and O–H groups in total. The summed E-state index contributed by atoms with van der Waals surface area (Å²) in [5.41, 5.74) is 0. The van der Waals surface area contributed by atoms with Gasteiger partial charge in [0, 0.05) is 19.5 Å². The van der Waals surface area contributed by atoms with E-state index < -0.39 is 13.8 Å². The summed E-state index contributed by atoms with van der Waals surface area (Å²) < 4.78 is 22.6. The van der Waals surface area contributed by atoms with Crippen LogP contribution in [0.3, 0.4) is 0 Å². The molecular weight excluding hydrogens is 256 g/mol. The third-order valence-corrected chi connectivity index (χ3v) is 4.37. The first-order chi connectivity index (χ1) is 5.81. The lowest BCUT2D eigenvalue weighted by atomic mass is 10.4. The van der Waals surface area contributed by atoms with Gasteiger partial charge in [-0.05, 0) is 6.42 Å². The number of hydrogen-bond acceptors (Lipinski definition) is 2. The van der Waals surface area contributed by atoms with Crippen molar-refractivity contribution in [3.63, 3.8) is 0 Å². The Labute approximate surface area is 93.0 Å². The third kappa shape index (κ3) is 3.80. The lowest BCUT2D eigenvalue weighted by Gasteiger charge is -2.17. The van der Waals surface area contributed by atoms with Crippen LogP contribution in [-0.4, -0.2) is 35.4 Å². The Kier molecular flexibility index (Phi) is 3.74.